The van der Waals surface area contributed by atoms with Crippen LogP contribution >= 0.6 is 0 Å². The maximum absolute atomic E-state index is 8.86. The first kappa shape index (κ1) is 9.54. The van der Waals surface area contributed by atoms with Gasteiger partial charge in [0.05, 0.1) is 13.2 Å². The third-order valence-electron chi connectivity index (χ3n) is 1.67. The zero-order chi connectivity index (χ0) is 9.68. The average Bonchev–Trinajstić information content (AvgIpc) is 2.15. The van der Waals surface area contributed by atoms with E-state index in [-0.39, 0.29) is 12.6 Å². The molecule has 4 heteroatoms. The molecule has 4 nitrogen and oxygen atoms in total. The van der Waals surface area contributed by atoms with Gasteiger partial charge in [-0.2, -0.15) is 0 Å². The highest BCUT2D eigenvalue weighted by molar-refractivity contribution is 5.69. The van der Waals surface area contributed by atoms with E-state index in [1.165, 1.54) is 0 Å². The summed E-state index contributed by atoms with van der Waals surface area (Å²) in [4.78, 5) is 2.80. The quantitative estimate of drug-likeness (QED) is 0.321. The first-order valence-corrected chi connectivity index (χ1v) is 4.03. The first-order valence-electron chi connectivity index (χ1n) is 4.03. The van der Waals surface area contributed by atoms with Crippen molar-refractivity contribution in [2.45, 2.75) is 13.2 Å². The number of nitrogens with one attached hydrogen (secondary N) is 1. The highest BCUT2D eigenvalue weighted by atomic mass is 16.3. The van der Waals surface area contributed by atoms with Crippen LogP contribution < -0.4 is 16.5 Å². The van der Waals surface area contributed by atoms with Crippen LogP contribution in [-0.2, 0) is 13.2 Å². The van der Waals surface area contributed by atoms with Gasteiger partial charge in [0.2, 0.25) is 0 Å². The second-order valence-corrected chi connectivity index (χ2v) is 2.79. The molecule has 1 rings (SSSR count). The Labute approximate surface area is 76.9 Å². The van der Waals surface area contributed by atoms with E-state index in [2.05, 4.69) is 4.99 Å². The Morgan fingerprint density at radius 3 is 2.62 bits per heavy atom. The van der Waals surface area contributed by atoms with Crippen LogP contribution in [0.15, 0.2) is 24.3 Å². The average molecular weight is 180 g/mol. The normalized spacial score (nSPS) is 9.62. The summed E-state index contributed by atoms with van der Waals surface area (Å²) in [5.41, 5.74) is 12.4. The van der Waals surface area contributed by atoms with E-state index in [1.807, 2.05) is 24.3 Å². The van der Waals surface area contributed by atoms with Crippen LogP contribution in [0.2, 0.25) is 0 Å². The molecular weight excluding hydrogens is 166 g/mol. The van der Waals surface area contributed by atoms with Gasteiger partial charge in [0.25, 0.3) is 0 Å². The van der Waals surface area contributed by atoms with Gasteiger partial charge in [0, 0.05) is 0 Å². The predicted molar refractivity (Wildman–Crippen MR) is 50.4 cm³/mol. The fraction of sp³-hybridized carbons (Fsp3) is 0.222. The summed E-state index contributed by atoms with van der Waals surface area (Å²) in [5, 5.41) is 8.86. The third-order valence-corrected chi connectivity index (χ3v) is 1.67. The molecule has 0 aromatic heterocycles. The van der Waals surface area contributed by atoms with E-state index in [1.54, 1.807) is 0 Å². The standard InChI is InChI=1S/C9H13N3O/c10-9(11)12-5-7-2-1-3-8(4-7)6-13/h1-4,13H,5-6H2,(H4,10,11,12)/p+1. The van der Waals surface area contributed by atoms with Crippen molar-refractivity contribution < 1.29 is 10.1 Å². The highest BCUT2D eigenvalue weighted by Crippen LogP contribution is 2.02. The van der Waals surface area contributed by atoms with Crippen molar-refractivity contribution in [3.63, 3.8) is 0 Å². The number of nitrogens with two attached hydrogens (primary N) is 2. The van der Waals surface area contributed by atoms with Crippen LogP contribution in [0.3, 0.4) is 0 Å². The van der Waals surface area contributed by atoms with E-state index in [9.17, 15) is 0 Å². The molecular formula is C9H14N3O+. The molecule has 0 aliphatic carbocycles. The number of rotatable bonds is 3. The van der Waals surface area contributed by atoms with Gasteiger partial charge in [0.1, 0.15) is 0 Å². The van der Waals surface area contributed by atoms with Crippen LogP contribution in [0.25, 0.3) is 0 Å². The summed E-state index contributed by atoms with van der Waals surface area (Å²) in [5.74, 6) is 0.203. The summed E-state index contributed by atoms with van der Waals surface area (Å²) in [6.07, 6.45) is 0. The van der Waals surface area contributed by atoms with Gasteiger partial charge in [-0.05, 0) is 11.1 Å². The number of aliphatic hydroxyl groups excluding tert-OH is 1. The lowest BCUT2D eigenvalue weighted by atomic mass is 10.1. The van der Waals surface area contributed by atoms with Gasteiger partial charge in [-0.25, -0.2) is 0 Å². The Hall–Kier alpha value is -1.55. The van der Waals surface area contributed by atoms with Crippen molar-refractivity contribution in [1.29, 1.82) is 0 Å². The van der Waals surface area contributed by atoms with Crippen molar-refractivity contribution in [2.24, 2.45) is 11.5 Å². The molecule has 0 saturated carbocycles. The second-order valence-electron chi connectivity index (χ2n) is 2.79. The Balaban J connectivity index is 2.72. The molecule has 6 N–H and O–H groups in total. The summed E-state index contributed by atoms with van der Waals surface area (Å²) in [6, 6.07) is 7.58. The van der Waals surface area contributed by atoms with E-state index >= 15 is 0 Å². The van der Waals surface area contributed by atoms with Gasteiger partial charge in [0.15, 0.2) is 0 Å². The van der Waals surface area contributed by atoms with E-state index in [0.717, 1.165) is 11.1 Å². The van der Waals surface area contributed by atoms with Crippen LogP contribution in [-0.4, -0.2) is 11.1 Å². The van der Waals surface area contributed by atoms with E-state index in [0.29, 0.717) is 6.54 Å². The fourth-order valence-corrected chi connectivity index (χ4v) is 1.04. The van der Waals surface area contributed by atoms with E-state index in [4.69, 9.17) is 16.6 Å². The molecule has 0 atom stereocenters. The molecule has 0 amide bonds. The molecule has 70 valence electrons. The SMILES string of the molecule is NC(N)=[NH+]Cc1cccc(CO)c1. The smallest absolute Gasteiger partial charge is 0.339 e. The minimum atomic E-state index is 0.0513. The maximum Gasteiger partial charge on any atom is 0.339 e. The molecule has 0 saturated heterocycles. The number of aliphatic hydroxyl groups is 1. The molecule has 1 aromatic rings. The number of hydrogen-bond donors (Lipinski definition) is 4. The van der Waals surface area contributed by atoms with Gasteiger partial charge in [-0.3, -0.25) is 16.5 Å². The van der Waals surface area contributed by atoms with Crippen molar-refractivity contribution in [3.05, 3.63) is 35.4 Å². The number of hydrogen-bond acceptors (Lipinski definition) is 1. The summed E-state index contributed by atoms with van der Waals surface area (Å²) >= 11 is 0. The number of guanidine groups is 1. The van der Waals surface area contributed by atoms with E-state index < -0.39 is 0 Å². The van der Waals surface area contributed by atoms with Crippen molar-refractivity contribution >= 4 is 5.96 Å². The van der Waals surface area contributed by atoms with Gasteiger partial charge >= 0.3 is 5.96 Å². The van der Waals surface area contributed by atoms with Crippen LogP contribution in [0.4, 0.5) is 0 Å². The van der Waals surface area contributed by atoms with Crippen molar-refractivity contribution in [1.82, 2.24) is 0 Å². The molecule has 13 heavy (non-hydrogen) atoms. The Bertz CT molecular complexity index is 305. The van der Waals surface area contributed by atoms with Gasteiger partial charge in [-0.15, -0.1) is 0 Å². The monoisotopic (exact) mass is 180 g/mol. The highest BCUT2D eigenvalue weighted by Gasteiger charge is 1.94. The molecule has 0 unspecified atom stereocenters. The Morgan fingerprint density at radius 2 is 2.00 bits per heavy atom. The Kier molecular flexibility index (Phi) is 3.28. The molecule has 0 radical (unpaired) electrons. The zero-order valence-corrected chi connectivity index (χ0v) is 7.33. The van der Waals surface area contributed by atoms with Crippen LogP contribution in [0.5, 0.6) is 0 Å². The van der Waals surface area contributed by atoms with Crippen molar-refractivity contribution in [2.75, 3.05) is 0 Å². The molecule has 0 heterocycles. The van der Waals surface area contributed by atoms with Crippen molar-refractivity contribution in [3.8, 4) is 0 Å². The van der Waals surface area contributed by atoms with Gasteiger partial charge in [-0.1, -0.05) is 24.3 Å². The molecule has 0 aliphatic rings. The topological polar surface area (TPSA) is 86.2 Å². The van der Waals surface area contributed by atoms with Gasteiger partial charge < -0.3 is 5.11 Å². The zero-order valence-electron chi connectivity index (χ0n) is 7.33. The predicted octanol–water partition coefficient (Wildman–Crippen LogP) is -1.97. The first-order chi connectivity index (χ1) is 6.22. The molecule has 1 aromatic carbocycles. The minimum absolute atomic E-state index is 0.0513. The summed E-state index contributed by atoms with van der Waals surface area (Å²) < 4.78 is 0. The molecule has 0 fully saturated rings. The lowest BCUT2D eigenvalue weighted by Gasteiger charge is -1.98. The minimum Gasteiger partial charge on any atom is -0.392 e. The summed E-state index contributed by atoms with van der Waals surface area (Å²) in [6.45, 7) is 0.631. The largest absolute Gasteiger partial charge is 0.392 e. The molecule has 0 aliphatic heterocycles. The maximum atomic E-state index is 8.86. The second kappa shape index (κ2) is 4.47. The fourth-order valence-electron chi connectivity index (χ4n) is 1.04. The molecule has 0 bridgehead atoms. The third kappa shape index (κ3) is 3.13. The van der Waals surface area contributed by atoms with Crippen LogP contribution in [0.1, 0.15) is 11.1 Å². The summed E-state index contributed by atoms with van der Waals surface area (Å²) in [7, 11) is 0. The molecule has 0 spiro atoms. The van der Waals surface area contributed by atoms with Crippen LogP contribution in [0, 0.1) is 0 Å². The lowest BCUT2D eigenvalue weighted by Crippen LogP contribution is -2.76. The Morgan fingerprint density at radius 1 is 1.31 bits per heavy atom. The lowest BCUT2D eigenvalue weighted by molar-refractivity contribution is -0.477. The number of benzene rings is 1.